The molecule has 0 radical (unpaired) electrons. The molecule has 0 spiro atoms. The number of nitrogens with zero attached hydrogens (tertiary/aromatic N) is 1. The van der Waals surface area contributed by atoms with E-state index >= 15 is 0 Å². The van der Waals surface area contributed by atoms with Gasteiger partial charge >= 0.3 is 0 Å². The van der Waals surface area contributed by atoms with Crippen LogP contribution in [0.4, 0.5) is 0 Å². The molecule has 104 valence electrons. The first kappa shape index (κ1) is 13.9. The highest BCUT2D eigenvalue weighted by atomic mass is 16.2. The standard InChI is InChI=1S/C15H28N2O/c1-2-3-12-17(14-5-6-14)15(18)7-4-13-8-10-16-11-9-13/h13-14,16H,2-12H2,1H3. The minimum absolute atomic E-state index is 0.421. The Labute approximate surface area is 111 Å². The smallest absolute Gasteiger partial charge is 0.222 e. The van der Waals surface area contributed by atoms with Gasteiger partial charge in [0.1, 0.15) is 0 Å². The minimum atomic E-state index is 0.421. The lowest BCUT2D eigenvalue weighted by molar-refractivity contribution is -0.132. The first-order valence-corrected chi connectivity index (χ1v) is 7.81. The summed E-state index contributed by atoms with van der Waals surface area (Å²) in [4.78, 5) is 14.5. The summed E-state index contributed by atoms with van der Waals surface area (Å²) in [6.45, 7) is 5.47. The van der Waals surface area contributed by atoms with Crippen molar-refractivity contribution in [2.24, 2.45) is 5.92 Å². The van der Waals surface area contributed by atoms with E-state index in [1.807, 2.05) is 0 Å². The largest absolute Gasteiger partial charge is 0.340 e. The maximum absolute atomic E-state index is 12.3. The molecule has 1 amide bonds. The summed E-state index contributed by atoms with van der Waals surface area (Å²) in [6, 6.07) is 0.595. The van der Waals surface area contributed by atoms with Gasteiger partial charge in [-0.2, -0.15) is 0 Å². The van der Waals surface area contributed by atoms with E-state index in [0.717, 1.165) is 44.8 Å². The lowest BCUT2D eigenvalue weighted by Crippen LogP contribution is -2.35. The van der Waals surface area contributed by atoms with E-state index in [1.54, 1.807) is 0 Å². The summed E-state index contributed by atoms with van der Waals surface area (Å²) in [5.41, 5.74) is 0. The van der Waals surface area contributed by atoms with Crippen molar-refractivity contribution < 1.29 is 4.79 Å². The third kappa shape index (κ3) is 4.27. The number of piperidine rings is 1. The monoisotopic (exact) mass is 252 g/mol. The Hall–Kier alpha value is -0.570. The Morgan fingerprint density at radius 2 is 1.94 bits per heavy atom. The number of hydrogen-bond donors (Lipinski definition) is 1. The number of nitrogens with one attached hydrogen (secondary N) is 1. The van der Waals surface area contributed by atoms with Gasteiger partial charge in [0.15, 0.2) is 0 Å². The molecule has 0 atom stereocenters. The van der Waals surface area contributed by atoms with Crippen LogP contribution in [0.5, 0.6) is 0 Å². The first-order chi connectivity index (χ1) is 8.81. The second kappa shape index (κ2) is 7.13. The Balaban J connectivity index is 1.70. The lowest BCUT2D eigenvalue weighted by Gasteiger charge is -2.25. The van der Waals surface area contributed by atoms with Crippen LogP contribution in [0.3, 0.4) is 0 Å². The van der Waals surface area contributed by atoms with Crippen LogP contribution in [-0.4, -0.2) is 36.5 Å². The molecule has 3 heteroatoms. The van der Waals surface area contributed by atoms with Crippen molar-refractivity contribution in [1.29, 1.82) is 0 Å². The third-order valence-corrected chi connectivity index (χ3v) is 4.29. The highest BCUT2D eigenvalue weighted by Gasteiger charge is 2.31. The Morgan fingerprint density at radius 1 is 1.22 bits per heavy atom. The molecule has 0 aromatic rings. The zero-order chi connectivity index (χ0) is 12.8. The van der Waals surface area contributed by atoms with E-state index in [-0.39, 0.29) is 0 Å². The highest BCUT2D eigenvalue weighted by Crippen LogP contribution is 2.28. The van der Waals surface area contributed by atoms with E-state index in [9.17, 15) is 4.79 Å². The van der Waals surface area contributed by atoms with Crippen LogP contribution >= 0.6 is 0 Å². The number of carbonyl (C=O) groups is 1. The van der Waals surface area contributed by atoms with Gasteiger partial charge in [-0.25, -0.2) is 0 Å². The van der Waals surface area contributed by atoms with Gasteiger partial charge in [-0.3, -0.25) is 4.79 Å². The third-order valence-electron chi connectivity index (χ3n) is 4.29. The molecule has 3 nitrogen and oxygen atoms in total. The van der Waals surface area contributed by atoms with Crippen molar-refractivity contribution in [2.45, 2.75) is 64.3 Å². The fraction of sp³-hybridized carbons (Fsp3) is 0.933. The summed E-state index contributed by atoms with van der Waals surface area (Å²) in [5.74, 6) is 1.20. The van der Waals surface area contributed by atoms with Crippen LogP contribution in [0, 0.1) is 5.92 Å². The maximum Gasteiger partial charge on any atom is 0.222 e. The summed E-state index contributed by atoms with van der Waals surface area (Å²) in [5, 5.41) is 3.39. The van der Waals surface area contributed by atoms with Crippen LogP contribution in [0.1, 0.15) is 58.3 Å². The van der Waals surface area contributed by atoms with Crippen LogP contribution in [-0.2, 0) is 4.79 Å². The molecule has 0 aromatic heterocycles. The van der Waals surface area contributed by atoms with Crippen molar-refractivity contribution in [2.75, 3.05) is 19.6 Å². The van der Waals surface area contributed by atoms with Gasteiger partial charge in [-0.15, -0.1) is 0 Å². The summed E-state index contributed by atoms with van der Waals surface area (Å²) >= 11 is 0. The zero-order valence-electron chi connectivity index (χ0n) is 11.8. The molecule has 1 aliphatic heterocycles. The van der Waals surface area contributed by atoms with Crippen LogP contribution < -0.4 is 5.32 Å². The second-order valence-corrected chi connectivity index (χ2v) is 5.90. The van der Waals surface area contributed by atoms with Gasteiger partial charge in [0.25, 0.3) is 0 Å². The number of unbranched alkanes of at least 4 members (excludes halogenated alkanes) is 1. The van der Waals surface area contributed by atoms with E-state index in [2.05, 4.69) is 17.1 Å². The Morgan fingerprint density at radius 3 is 2.56 bits per heavy atom. The normalized spacial score (nSPS) is 20.9. The van der Waals surface area contributed by atoms with Crippen LogP contribution in [0.2, 0.25) is 0 Å². The SMILES string of the molecule is CCCCN(C(=O)CCC1CCNCC1)C1CC1. The molecule has 1 saturated carbocycles. The van der Waals surface area contributed by atoms with Gasteiger partial charge in [0, 0.05) is 19.0 Å². The van der Waals surface area contributed by atoms with E-state index in [1.165, 1.54) is 32.1 Å². The Kier molecular flexibility index (Phi) is 5.48. The molecule has 1 N–H and O–H groups in total. The predicted octanol–water partition coefficient (Wildman–Crippen LogP) is 2.56. The van der Waals surface area contributed by atoms with Crippen molar-refractivity contribution in [3.63, 3.8) is 0 Å². The highest BCUT2D eigenvalue weighted by molar-refractivity contribution is 5.76. The van der Waals surface area contributed by atoms with Gasteiger partial charge in [0.2, 0.25) is 5.91 Å². The van der Waals surface area contributed by atoms with Gasteiger partial charge in [-0.05, 0) is 57.5 Å². The summed E-state index contributed by atoms with van der Waals surface area (Å²) in [6.07, 6.45) is 9.23. The summed E-state index contributed by atoms with van der Waals surface area (Å²) in [7, 11) is 0. The van der Waals surface area contributed by atoms with E-state index in [0.29, 0.717) is 11.9 Å². The molecule has 1 saturated heterocycles. The van der Waals surface area contributed by atoms with E-state index in [4.69, 9.17) is 0 Å². The van der Waals surface area contributed by atoms with E-state index < -0.39 is 0 Å². The molecule has 0 unspecified atom stereocenters. The molecule has 0 aromatic carbocycles. The van der Waals surface area contributed by atoms with Crippen LogP contribution in [0.15, 0.2) is 0 Å². The molecule has 1 aliphatic carbocycles. The molecule has 18 heavy (non-hydrogen) atoms. The van der Waals surface area contributed by atoms with Crippen molar-refractivity contribution in [3.05, 3.63) is 0 Å². The predicted molar refractivity (Wildman–Crippen MR) is 74.5 cm³/mol. The zero-order valence-corrected chi connectivity index (χ0v) is 11.8. The lowest BCUT2D eigenvalue weighted by atomic mass is 9.93. The van der Waals surface area contributed by atoms with Gasteiger partial charge in [0.05, 0.1) is 0 Å². The number of carbonyl (C=O) groups excluding carboxylic acids is 1. The molecule has 2 aliphatic rings. The summed E-state index contributed by atoms with van der Waals surface area (Å²) < 4.78 is 0. The molecule has 1 heterocycles. The maximum atomic E-state index is 12.3. The topological polar surface area (TPSA) is 32.3 Å². The minimum Gasteiger partial charge on any atom is -0.340 e. The Bertz CT molecular complexity index is 257. The molecule has 2 rings (SSSR count). The molecular formula is C15H28N2O. The fourth-order valence-corrected chi connectivity index (χ4v) is 2.87. The van der Waals surface area contributed by atoms with Crippen molar-refractivity contribution in [3.8, 4) is 0 Å². The quantitative estimate of drug-likeness (QED) is 0.755. The molecular weight excluding hydrogens is 224 g/mol. The second-order valence-electron chi connectivity index (χ2n) is 5.90. The number of rotatable bonds is 7. The number of amides is 1. The average Bonchev–Trinajstić information content (AvgIpc) is 3.22. The van der Waals surface area contributed by atoms with Crippen LogP contribution in [0.25, 0.3) is 0 Å². The molecule has 0 bridgehead atoms. The first-order valence-electron chi connectivity index (χ1n) is 7.81. The van der Waals surface area contributed by atoms with Gasteiger partial charge < -0.3 is 10.2 Å². The average molecular weight is 252 g/mol. The molecule has 2 fully saturated rings. The number of hydrogen-bond acceptors (Lipinski definition) is 2. The van der Waals surface area contributed by atoms with Crippen molar-refractivity contribution >= 4 is 5.91 Å². The van der Waals surface area contributed by atoms with Gasteiger partial charge in [-0.1, -0.05) is 13.3 Å². The fourth-order valence-electron chi connectivity index (χ4n) is 2.87. The van der Waals surface area contributed by atoms with Crippen molar-refractivity contribution in [1.82, 2.24) is 10.2 Å².